The van der Waals surface area contributed by atoms with Gasteiger partial charge in [-0.15, -0.1) is 11.3 Å². The zero-order valence-electron chi connectivity index (χ0n) is 54.7. The number of para-hydroxylation sites is 16. The van der Waals surface area contributed by atoms with Gasteiger partial charge in [-0.05, 0) is 140 Å². The monoisotopic (exact) mass is 1450 g/mol. The third-order valence-electron chi connectivity index (χ3n) is 15.4. The van der Waals surface area contributed by atoms with E-state index in [4.69, 9.17) is 13.3 Å². The Morgan fingerprint density at radius 1 is 0.353 bits per heavy atom. The Morgan fingerprint density at radius 2 is 0.784 bits per heavy atom. The molecule has 0 amide bonds. The first kappa shape index (κ1) is 72.5. The van der Waals surface area contributed by atoms with Gasteiger partial charge in [0, 0.05) is 56.8 Å². The topological polar surface area (TPSA) is 251 Å². The number of phenols is 4. The Morgan fingerprint density at radius 3 is 1.30 bits per heavy atom. The molecule has 0 aliphatic rings. The Labute approximate surface area is 618 Å². The van der Waals surface area contributed by atoms with Crippen LogP contribution in [0.15, 0.2) is 335 Å². The van der Waals surface area contributed by atoms with Crippen LogP contribution in [0.4, 0.5) is 0 Å². The summed E-state index contributed by atoms with van der Waals surface area (Å²) in [5.74, 6) is 3.06. The van der Waals surface area contributed by atoms with E-state index in [0.717, 1.165) is 87.9 Å². The van der Waals surface area contributed by atoms with Crippen LogP contribution >= 0.6 is 11.3 Å². The Kier molecular flexibility index (Phi) is 24.5. The van der Waals surface area contributed by atoms with Gasteiger partial charge in [0.1, 0.15) is 44.7 Å². The van der Waals surface area contributed by atoms with E-state index in [9.17, 15) is 30.6 Å². The van der Waals surface area contributed by atoms with E-state index < -0.39 is 0 Å². The average Bonchev–Trinajstić information content (AvgIpc) is 1.60. The average molecular weight is 1460 g/mol. The second kappa shape index (κ2) is 34.5. The van der Waals surface area contributed by atoms with Crippen LogP contribution in [0, 0.1) is 0 Å². The van der Waals surface area contributed by atoms with Crippen LogP contribution in [0.3, 0.4) is 0 Å². The third-order valence-corrected chi connectivity index (χ3v) is 16.5. The predicted molar refractivity (Wildman–Crippen MR) is 388 cm³/mol. The van der Waals surface area contributed by atoms with E-state index in [2.05, 4.69) is 40.5 Å². The standard InChI is InChI=1S/C19H14N2O.3C13H9NO2.C13H9NOS.C11H9NO.Be.2Zn/c22-18-13-7-4-10-15(18)19-20-16-11-5-6-12-17(16)21(19)14-8-2-1-3-9-14;4*15-11-7-3-1-5-9(11)13-14-10-6-2-4-8-12(10)16-13;13-11-7-2-1-5-9(11)10-6-3-4-8-12-10;;;/h1-13,22H;4*1-8,15H;1-8,13H;;;/q;;;;;;+2;;. The summed E-state index contributed by atoms with van der Waals surface area (Å²) in [6, 6.07) is 96.7. The first-order valence-corrected chi connectivity index (χ1v) is 32.0. The first-order valence-electron chi connectivity index (χ1n) is 31.2. The number of hydrogen-bond donors (Lipinski definition) is 4. The van der Waals surface area contributed by atoms with Crippen LogP contribution in [-0.2, 0) is 39.0 Å². The van der Waals surface area contributed by atoms with Gasteiger partial charge < -0.3 is 43.9 Å². The molecule has 0 aliphatic carbocycles. The maximum absolute atomic E-state index is 12.2. The molecule has 102 heavy (non-hydrogen) atoms. The number of aromatic amines is 2. The van der Waals surface area contributed by atoms with Gasteiger partial charge in [0.25, 0.3) is 5.82 Å². The molecule has 18 aromatic rings. The number of hydrogen-bond acceptors (Lipinski definition) is 14. The molecular formula is C82H59BeN7O9SZn2+2. The van der Waals surface area contributed by atoms with Gasteiger partial charge in [0.05, 0.1) is 43.7 Å². The van der Waals surface area contributed by atoms with Crippen molar-refractivity contribution in [3.8, 4) is 108 Å². The van der Waals surface area contributed by atoms with E-state index in [1.54, 1.807) is 96.4 Å². The maximum atomic E-state index is 12.2. The summed E-state index contributed by atoms with van der Waals surface area (Å²) in [5, 5.41) is 63.4. The van der Waals surface area contributed by atoms with E-state index in [0.29, 0.717) is 39.9 Å². The fourth-order valence-electron chi connectivity index (χ4n) is 10.6. The molecular weight excluding hydrogens is 1400 g/mol. The molecule has 0 atom stereocenters. The summed E-state index contributed by atoms with van der Waals surface area (Å²) in [6.07, 6.45) is 1.71. The molecule has 20 heteroatoms. The van der Waals surface area contributed by atoms with E-state index in [1.165, 1.54) is 6.07 Å². The van der Waals surface area contributed by atoms with Crippen molar-refractivity contribution in [3.05, 3.63) is 322 Å². The quantitative estimate of drug-likeness (QED) is 0.109. The molecule has 0 radical (unpaired) electrons. The van der Waals surface area contributed by atoms with Crippen LogP contribution in [0.5, 0.6) is 34.5 Å². The Balaban J connectivity index is 0.000000132. The van der Waals surface area contributed by atoms with Gasteiger partial charge in [0.15, 0.2) is 22.2 Å². The molecule has 0 saturated heterocycles. The number of phenolic OH excluding ortho intramolecular Hbond substituents is 4. The van der Waals surface area contributed by atoms with Crippen molar-refractivity contribution in [2.75, 3.05) is 0 Å². The molecule has 6 heterocycles. The van der Waals surface area contributed by atoms with Gasteiger partial charge in [-0.3, -0.25) is 4.98 Å². The number of aromatic hydroxyl groups is 4. The smallest absolute Gasteiger partial charge is 0.872 e. The number of rotatable bonds is 7. The van der Waals surface area contributed by atoms with Crippen LogP contribution in [0.1, 0.15) is 0 Å². The number of pyridine rings is 1. The molecule has 6 aromatic heterocycles. The van der Waals surface area contributed by atoms with Crippen molar-refractivity contribution in [2.24, 2.45) is 0 Å². The normalized spacial score (nSPS) is 10.4. The fourth-order valence-corrected chi connectivity index (χ4v) is 11.6. The molecule has 0 bridgehead atoms. The number of nitrogens with zero attached hydrogens (tertiary/aromatic N) is 5. The molecule has 6 N–H and O–H groups in total. The molecule has 0 spiro atoms. The molecule has 12 aromatic carbocycles. The number of oxazole rings is 3. The van der Waals surface area contributed by atoms with E-state index >= 15 is 0 Å². The van der Waals surface area contributed by atoms with Gasteiger partial charge in [-0.2, -0.15) is 9.55 Å². The van der Waals surface area contributed by atoms with Crippen molar-refractivity contribution >= 4 is 76.0 Å². The van der Waals surface area contributed by atoms with Crippen LogP contribution < -0.4 is 20.2 Å². The van der Waals surface area contributed by atoms with Gasteiger partial charge >= 0.3 is 16.0 Å². The Bertz CT molecular complexity index is 5140. The zero-order valence-corrected chi connectivity index (χ0v) is 61.4. The number of nitrogens with one attached hydrogen (secondary N) is 2. The number of benzene rings is 12. The number of aromatic nitrogens is 7. The van der Waals surface area contributed by atoms with Gasteiger partial charge in [-0.25, -0.2) is 19.9 Å². The maximum Gasteiger partial charge on any atom is 2.00 e. The molecule has 0 aliphatic heterocycles. The van der Waals surface area contributed by atoms with E-state index in [1.807, 2.05) is 224 Å². The number of imidazole rings is 1. The summed E-state index contributed by atoms with van der Waals surface area (Å²) in [5.41, 5.74) is 13.5. The summed E-state index contributed by atoms with van der Waals surface area (Å²) in [4.78, 5) is 23.8. The minimum Gasteiger partial charge on any atom is -0.872 e. The van der Waals surface area contributed by atoms with Crippen molar-refractivity contribution in [1.82, 2.24) is 24.5 Å². The van der Waals surface area contributed by atoms with Crippen LogP contribution in [-0.4, -0.2) is 55.1 Å². The number of H-pyrrole nitrogens is 2. The zero-order chi connectivity index (χ0) is 67.9. The molecule has 486 valence electrons. The van der Waals surface area contributed by atoms with Crippen molar-refractivity contribution < 1.29 is 92.8 Å². The van der Waals surface area contributed by atoms with Crippen molar-refractivity contribution in [1.29, 1.82) is 0 Å². The minimum absolute atomic E-state index is 0. The van der Waals surface area contributed by atoms with Crippen molar-refractivity contribution in [2.45, 2.75) is 0 Å². The fraction of sp³-hybridized carbons (Fsp3) is 0. The predicted octanol–water partition coefficient (Wildman–Crippen LogP) is 17.3. The summed E-state index contributed by atoms with van der Waals surface area (Å²) in [7, 11) is 0. The van der Waals surface area contributed by atoms with Crippen LogP contribution in [0.2, 0.25) is 0 Å². The SMILES string of the molecule is Oc1ccccc1-c1ccccn1.Oc1ccccc1-c1nc2ccccc2o1.Oc1ccccc1-c1nc2ccccc2o1.Oc1ccccc1-c1nc2ccccc2s1.[Be+2].[O-]c1ccccc1-c1[nH+]c2ccccc2n1-c1ccccc1.[O-]c1ccccc1-c1[nH+]c2ccccc2o1.[Zn].[Zn]. The number of fused-ring (bicyclic) bond motifs is 5. The molecule has 0 fully saturated rings. The van der Waals surface area contributed by atoms with Gasteiger partial charge in [-0.1, -0.05) is 181 Å². The largest absolute Gasteiger partial charge is 2.00 e. The van der Waals surface area contributed by atoms with Crippen LogP contribution in [0.25, 0.3) is 128 Å². The second-order valence-corrected chi connectivity index (χ2v) is 23.0. The summed E-state index contributed by atoms with van der Waals surface area (Å²) < 4.78 is 19.9. The summed E-state index contributed by atoms with van der Waals surface area (Å²) in [6.45, 7) is 0. The van der Waals surface area contributed by atoms with E-state index in [-0.39, 0.29) is 83.6 Å². The van der Waals surface area contributed by atoms with Gasteiger partial charge in [0.2, 0.25) is 22.9 Å². The Hall–Kier alpha value is -12.2. The summed E-state index contributed by atoms with van der Waals surface area (Å²) >= 11 is 1.59. The molecule has 0 saturated carbocycles. The molecule has 0 unspecified atom stereocenters. The third kappa shape index (κ3) is 17.1. The first-order chi connectivity index (χ1) is 48.6. The molecule has 16 nitrogen and oxygen atoms in total. The second-order valence-electron chi connectivity index (χ2n) is 22.0. The minimum atomic E-state index is -0.0437. The molecule has 18 rings (SSSR count). The number of thiazole rings is 1. The van der Waals surface area contributed by atoms with Crippen molar-refractivity contribution in [3.63, 3.8) is 0 Å².